The molecule has 2 aromatic heterocycles. The normalized spacial score (nSPS) is 31.5. The van der Waals surface area contributed by atoms with E-state index in [0.29, 0.717) is 0 Å². The lowest BCUT2D eigenvalue weighted by atomic mass is 9.95. The van der Waals surface area contributed by atoms with Crippen LogP contribution in [0.1, 0.15) is 40.8 Å². The fourth-order valence-corrected chi connectivity index (χ4v) is 8.47. The molecule has 9 unspecified atom stereocenters. The minimum atomic E-state index is -5.75. The number of fused-ring (bicyclic) bond motifs is 1. The molecule has 2 aliphatic rings. The van der Waals surface area contributed by atoms with Gasteiger partial charge in [-0.2, -0.15) is 0 Å². The number of alkyl halides is 1. The van der Waals surface area contributed by atoms with Gasteiger partial charge in [0.25, 0.3) is 0 Å². The maximum Gasteiger partial charge on any atom is 0.481 e. The Labute approximate surface area is 303 Å². The third-order valence-corrected chi connectivity index (χ3v) is 11.0. The molecule has 0 aliphatic carbocycles. The van der Waals surface area contributed by atoms with E-state index in [1.807, 2.05) is 0 Å². The lowest BCUT2D eigenvalue weighted by Gasteiger charge is -2.45. The van der Waals surface area contributed by atoms with Gasteiger partial charge in [0.1, 0.15) is 42.4 Å². The highest BCUT2D eigenvalue weighted by atomic mass is 32.5. The zero-order chi connectivity index (χ0) is 39.6. The van der Waals surface area contributed by atoms with Crippen molar-refractivity contribution in [3.05, 3.63) is 12.7 Å². The first-order chi connectivity index (χ1) is 24.5. The van der Waals surface area contributed by atoms with Gasteiger partial charge in [-0.15, -0.1) is 0 Å². The van der Waals surface area contributed by atoms with Crippen LogP contribution in [0.25, 0.3) is 11.2 Å². The zero-order valence-corrected chi connectivity index (χ0v) is 30.9. The predicted octanol–water partition coefficient (Wildman–Crippen LogP) is -0.794. The van der Waals surface area contributed by atoms with Crippen molar-refractivity contribution in [1.29, 1.82) is 0 Å². The first-order valence-electron chi connectivity index (χ1n) is 15.2. The van der Waals surface area contributed by atoms with E-state index in [4.69, 9.17) is 54.6 Å². The number of hydrogen-bond donors (Lipinski definition) is 5. The fraction of sp³-hybridized carbons (Fsp3) is 0.654. The molecule has 4 rings (SSSR count). The van der Waals surface area contributed by atoms with Crippen molar-refractivity contribution >= 4 is 67.2 Å². The van der Waals surface area contributed by atoms with Crippen LogP contribution in [0.3, 0.4) is 0 Å². The van der Waals surface area contributed by atoms with Crippen LogP contribution in [0.4, 0.5) is 10.2 Å². The first-order valence-corrected chi connectivity index (χ1v) is 19.2. The number of aromatic nitrogens is 4. The highest BCUT2D eigenvalue weighted by Gasteiger charge is 2.57. The highest BCUT2D eigenvalue weighted by molar-refractivity contribution is 8.08. The molecule has 4 heterocycles. The van der Waals surface area contributed by atoms with Gasteiger partial charge in [-0.25, -0.2) is 28.2 Å². The van der Waals surface area contributed by atoms with Crippen LogP contribution in [0, 0.1) is 0 Å². The summed E-state index contributed by atoms with van der Waals surface area (Å²) in [6.45, 7) is -1.96. The van der Waals surface area contributed by atoms with Crippen LogP contribution in [0.5, 0.6) is 0 Å². The third kappa shape index (κ3) is 10.3. The summed E-state index contributed by atoms with van der Waals surface area (Å²) in [5.41, 5.74) is 4.22. The number of carbonyl (C=O) groups excluding carboxylic acids is 4. The number of phosphoric acid groups is 1. The SMILES string of the molecule is CC(=O)OC[C@H](F)C1OC(OP(=O)(O)OP(O)(=S)OC[C@@]2(C)OC(n3cnc4c(N)ncnc43)C(O)[C@H]2O)C(OC(C)=O)C(OC(C)=O)C1OC(C)=O. The molecule has 0 amide bonds. The summed E-state index contributed by atoms with van der Waals surface area (Å²) < 4.78 is 76.2. The first kappa shape index (κ1) is 42.4. The van der Waals surface area contributed by atoms with Crippen molar-refractivity contribution in [3.63, 3.8) is 0 Å². The number of imidazole rings is 1. The van der Waals surface area contributed by atoms with Crippen molar-refractivity contribution in [2.45, 2.75) is 95.5 Å². The lowest BCUT2D eigenvalue weighted by Crippen LogP contribution is -2.64. The van der Waals surface area contributed by atoms with Crippen LogP contribution in [-0.4, -0.2) is 131 Å². The average Bonchev–Trinajstić information content (AvgIpc) is 3.56. The zero-order valence-electron chi connectivity index (χ0n) is 28.3. The van der Waals surface area contributed by atoms with Crippen molar-refractivity contribution in [2.24, 2.45) is 0 Å². The van der Waals surface area contributed by atoms with Crippen molar-refractivity contribution < 1.29 is 89.9 Å². The van der Waals surface area contributed by atoms with Crippen molar-refractivity contribution in [2.75, 3.05) is 18.9 Å². The van der Waals surface area contributed by atoms with Gasteiger partial charge in [0.15, 0.2) is 42.2 Å². The molecule has 2 saturated heterocycles. The number of hydrogen-bond acceptors (Lipinski definition) is 21. The maximum absolute atomic E-state index is 15.5. The molecular formula is C26H36FN5O18P2S. The molecule has 0 saturated carbocycles. The van der Waals surface area contributed by atoms with Crippen molar-refractivity contribution in [3.8, 4) is 0 Å². The van der Waals surface area contributed by atoms with Crippen LogP contribution in [0.2, 0.25) is 0 Å². The lowest BCUT2D eigenvalue weighted by molar-refractivity contribution is -0.296. The Kier molecular flexibility index (Phi) is 13.3. The minimum absolute atomic E-state index is 0.0209. The minimum Gasteiger partial charge on any atom is -0.463 e. The van der Waals surface area contributed by atoms with Gasteiger partial charge >= 0.3 is 38.4 Å². The quantitative estimate of drug-likeness (QED) is 0.0885. The molecular weight excluding hydrogens is 783 g/mol. The topological polar surface area (TPSA) is 319 Å². The molecule has 27 heteroatoms. The molecule has 53 heavy (non-hydrogen) atoms. The van der Waals surface area contributed by atoms with E-state index in [-0.39, 0.29) is 17.0 Å². The van der Waals surface area contributed by atoms with Crippen LogP contribution < -0.4 is 5.73 Å². The van der Waals surface area contributed by atoms with Crippen LogP contribution in [-0.2, 0) is 77.3 Å². The Morgan fingerprint density at radius 2 is 1.62 bits per heavy atom. The molecule has 2 aliphatic heterocycles. The number of anilines is 1. The molecule has 0 aromatic carbocycles. The molecule has 0 radical (unpaired) electrons. The Morgan fingerprint density at radius 1 is 1.02 bits per heavy atom. The van der Waals surface area contributed by atoms with E-state index in [0.717, 1.165) is 34.0 Å². The van der Waals surface area contributed by atoms with Gasteiger partial charge in [-0.05, 0) is 18.7 Å². The van der Waals surface area contributed by atoms with Gasteiger partial charge in [0.05, 0.1) is 12.9 Å². The van der Waals surface area contributed by atoms with Crippen molar-refractivity contribution in [1.82, 2.24) is 19.5 Å². The summed E-state index contributed by atoms with van der Waals surface area (Å²) in [6, 6.07) is 0. The van der Waals surface area contributed by atoms with Gasteiger partial charge in [-0.1, -0.05) is 0 Å². The monoisotopic (exact) mass is 819 g/mol. The number of halogens is 1. The molecule has 23 nitrogen and oxygen atoms in total. The summed E-state index contributed by atoms with van der Waals surface area (Å²) in [5.74, 6) is -4.17. The Balaban J connectivity index is 1.54. The Bertz CT molecular complexity index is 1810. The highest BCUT2D eigenvalue weighted by Crippen LogP contribution is 2.62. The van der Waals surface area contributed by atoms with E-state index in [1.165, 1.54) is 17.8 Å². The van der Waals surface area contributed by atoms with Gasteiger partial charge in [-0.3, -0.25) is 28.3 Å². The van der Waals surface area contributed by atoms with E-state index in [9.17, 15) is 43.7 Å². The number of nitrogen functional groups attached to an aromatic ring is 1. The Hall–Kier alpha value is -3.32. The second-order valence-corrected chi connectivity index (χ2v) is 16.1. The summed E-state index contributed by atoms with van der Waals surface area (Å²) >= 11 is 4.87. The predicted molar refractivity (Wildman–Crippen MR) is 172 cm³/mol. The van der Waals surface area contributed by atoms with E-state index < -0.39 is 113 Å². The molecule has 2 fully saturated rings. The second-order valence-electron chi connectivity index (χ2n) is 11.7. The number of ether oxygens (including phenoxy) is 6. The summed E-state index contributed by atoms with van der Waals surface area (Å²) in [4.78, 5) is 80.8. The smallest absolute Gasteiger partial charge is 0.463 e. The number of aliphatic hydroxyl groups is 2. The van der Waals surface area contributed by atoms with Gasteiger partial charge in [0, 0.05) is 27.7 Å². The Morgan fingerprint density at radius 3 is 2.23 bits per heavy atom. The summed E-state index contributed by atoms with van der Waals surface area (Å²) in [7, 11) is -5.75. The summed E-state index contributed by atoms with van der Waals surface area (Å²) in [5, 5.41) is 21.7. The maximum atomic E-state index is 15.5. The fourth-order valence-electron chi connectivity index (χ4n) is 5.32. The van der Waals surface area contributed by atoms with E-state index >= 15 is 4.39 Å². The van der Waals surface area contributed by atoms with Crippen LogP contribution >= 0.6 is 14.5 Å². The molecule has 12 atom stereocenters. The number of nitrogens with two attached hydrogens (primary N) is 1. The van der Waals surface area contributed by atoms with E-state index in [1.54, 1.807) is 0 Å². The van der Waals surface area contributed by atoms with Crippen LogP contribution in [0.15, 0.2) is 12.7 Å². The number of rotatable bonds is 14. The van der Waals surface area contributed by atoms with Gasteiger partial charge < -0.3 is 58.7 Å². The summed E-state index contributed by atoms with van der Waals surface area (Å²) in [6.07, 6.45) is -15.2. The molecule has 6 N–H and O–H groups in total. The third-order valence-electron chi connectivity index (χ3n) is 7.49. The number of phosphoric ester groups is 1. The standard InChI is InChI=1S/C26H36FN5O18P2S/c1-10(33)42-6-14(27)17-18(44-11(2)34)19(45-12(3)35)20(46-13(4)36)25(47-17)49-51(39,40)50-52(41,53)43-7-26(5)21(38)16(37)24(48-26)32-9-31-15-22(28)29-8-30-23(15)32/h8-9,14,16-21,24-25,37-38H,6-7H2,1-5H3,(H,39,40)(H,41,53)(H2,28,29,30)/t14-,16?,17?,18?,19?,20?,21+,24?,25?,26+,52?/m0/s1. The number of carbonyl (C=O) groups is 4. The molecule has 296 valence electrons. The number of esters is 4. The van der Waals surface area contributed by atoms with Gasteiger partial charge in [0.2, 0.25) is 6.29 Å². The number of nitrogens with zero attached hydrogens (tertiary/aromatic N) is 4. The largest absolute Gasteiger partial charge is 0.481 e. The molecule has 2 aromatic rings. The van der Waals surface area contributed by atoms with E-state index in [2.05, 4.69) is 19.7 Å². The average molecular weight is 820 g/mol. The second kappa shape index (κ2) is 16.6. The number of aliphatic hydroxyl groups excluding tert-OH is 2. The molecule has 0 spiro atoms. The molecule has 0 bridgehead atoms.